The van der Waals surface area contributed by atoms with Crippen molar-refractivity contribution in [2.24, 2.45) is 5.73 Å². The molecule has 16 heavy (non-hydrogen) atoms. The number of nitrogens with two attached hydrogens (primary N) is 1. The number of nitrogens with zero attached hydrogens (tertiary/aromatic N) is 1. The van der Waals surface area contributed by atoms with Crippen molar-refractivity contribution in [2.45, 2.75) is 6.42 Å². The average Bonchev–Trinajstić information content (AvgIpc) is 2.30. The van der Waals surface area contributed by atoms with E-state index in [4.69, 9.17) is 5.73 Å². The zero-order valence-corrected chi connectivity index (χ0v) is 8.68. The fourth-order valence-corrected chi connectivity index (χ4v) is 1.67. The summed E-state index contributed by atoms with van der Waals surface area (Å²) in [5.41, 5.74) is 6.37. The van der Waals surface area contributed by atoms with Crippen LogP contribution in [0.4, 0.5) is 0 Å². The molecule has 0 bridgehead atoms. The molecule has 0 radical (unpaired) electrons. The molecular weight excluding hydrogens is 204 g/mol. The Morgan fingerprint density at radius 3 is 2.94 bits per heavy atom. The number of benzene rings is 1. The van der Waals surface area contributed by atoms with Crippen LogP contribution in [0.25, 0.3) is 10.9 Å². The van der Waals surface area contributed by atoms with Crippen LogP contribution in [-0.4, -0.2) is 22.4 Å². The van der Waals surface area contributed by atoms with Crippen LogP contribution in [-0.2, 0) is 0 Å². The predicted octanol–water partition coefficient (Wildman–Crippen LogP) is 1.47. The second-order valence-corrected chi connectivity index (χ2v) is 3.49. The molecule has 0 aliphatic heterocycles. The molecule has 2 rings (SSSR count). The molecule has 1 aromatic heterocycles. The molecule has 1 heterocycles. The van der Waals surface area contributed by atoms with Gasteiger partial charge < -0.3 is 10.8 Å². The van der Waals surface area contributed by atoms with E-state index in [0.29, 0.717) is 29.4 Å². The number of aromatic nitrogens is 1. The summed E-state index contributed by atoms with van der Waals surface area (Å²) in [5.74, 6) is 0.0559. The van der Waals surface area contributed by atoms with Crippen LogP contribution in [0.15, 0.2) is 30.5 Å². The van der Waals surface area contributed by atoms with Crippen LogP contribution in [0, 0.1) is 0 Å². The number of phenols is 1. The third-order valence-electron chi connectivity index (χ3n) is 2.42. The van der Waals surface area contributed by atoms with Crippen molar-refractivity contribution in [3.8, 4) is 5.75 Å². The van der Waals surface area contributed by atoms with Crippen LogP contribution < -0.4 is 5.73 Å². The largest absolute Gasteiger partial charge is 0.506 e. The fraction of sp³-hybridized carbons (Fsp3) is 0.167. The number of pyridine rings is 1. The lowest BCUT2D eigenvalue weighted by Gasteiger charge is -2.05. The molecule has 0 fully saturated rings. The Balaban J connectivity index is 2.63. The third kappa shape index (κ3) is 1.75. The van der Waals surface area contributed by atoms with E-state index in [1.165, 1.54) is 6.07 Å². The zero-order chi connectivity index (χ0) is 11.5. The molecule has 0 saturated heterocycles. The lowest BCUT2D eigenvalue weighted by Crippen LogP contribution is -2.08. The van der Waals surface area contributed by atoms with Crippen molar-refractivity contribution in [3.63, 3.8) is 0 Å². The molecule has 0 amide bonds. The van der Waals surface area contributed by atoms with E-state index in [1.807, 2.05) is 0 Å². The molecule has 4 heteroatoms. The number of rotatable bonds is 3. The van der Waals surface area contributed by atoms with Gasteiger partial charge in [0.25, 0.3) is 0 Å². The quantitative estimate of drug-likeness (QED) is 0.762. The highest BCUT2D eigenvalue weighted by molar-refractivity contribution is 6.08. The topological polar surface area (TPSA) is 76.2 Å². The molecule has 0 aliphatic rings. The monoisotopic (exact) mass is 216 g/mol. The number of ketones is 1. The van der Waals surface area contributed by atoms with E-state index in [2.05, 4.69) is 4.98 Å². The van der Waals surface area contributed by atoms with Crippen LogP contribution in [0.2, 0.25) is 0 Å². The summed E-state index contributed by atoms with van der Waals surface area (Å²) in [4.78, 5) is 15.8. The van der Waals surface area contributed by atoms with Crippen LogP contribution in [0.1, 0.15) is 16.8 Å². The second kappa shape index (κ2) is 4.28. The van der Waals surface area contributed by atoms with Gasteiger partial charge in [-0.05, 0) is 24.7 Å². The van der Waals surface area contributed by atoms with E-state index in [1.54, 1.807) is 24.4 Å². The summed E-state index contributed by atoms with van der Waals surface area (Å²) in [7, 11) is 0. The number of carbonyl (C=O) groups excluding carboxylic acids is 1. The highest BCUT2D eigenvalue weighted by atomic mass is 16.3. The first kappa shape index (κ1) is 10.6. The zero-order valence-electron chi connectivity index (χ0n) is 8.68. The third-order valence-corrected chi connectivity index (χ3v) is 2.42. The van der Waals surface area contributed by atoms with Gasteiger partial charge in [-0.1, -0.05) is 6.07 Å². The van der Waals surface area contributed by atoms with Gasteiger partial charge in [-0.3, -0.25) is 9.78 Å². The number of carbonyl (C=O) groups is 1. The molecule has 0 saturated carbocycles. The SMILES string of the molecule is NCCC(=O)c1ccc(O)c2ncccc12. The van der Waals surface area contributed by atoms with E-state index in [-0.39, 0.29) is 11.5 Å². The van der Waals surface area contributed by atoms with Gasteiger partial charge in [-0.15, -0.1) is 0 Å². The fourth-order valence-electron chi connectivity index (χ4n) is 1.67. The lowest BCUT2D eigenvalue weighted by molar-refractivity contribution is 0.0987. The standard InChI is InChI=1S/C12H12N2O2/c13-6-5-10(15)8-3-4-11(16)12-9(8)2-1-7-14-12/h1-4,7,16H,5-6,13H2. The maximum atomic E-state index is 11.8. The highest BCUT2D eigenvalue weighted by Gasteiger charge is 2.11. The molecule has 0 aliphatic carbocycles. The molecule has 0 atom stereocenters. The van der Waals surface area contributed by atoms with Gasteiger partial charge in [0, 0.05) is 23.6 Å². The minimum atomic E-state index is -0.0273. The summed E-state index contributed by atoms with van der Waals surface area (Å²) in [6, 6.07) is 6.60. The molecule has 1 aromatic carbocycles. The first-order valence-corrected chi connectivity index (χ1v) is 5.04. The highest BCUT2D eigenvalue weighted by Crippen LogP contribution is 2.25. The van der Waals surface area contributed by atoms with Gasteiger partial charge in [0.1, 0.15) is 11.3 Å². The Morgan fingerprint density at radius 1 is 1.38 bits per heavy atom. The Labute approximate surface area is 92.7 Å². The molecule has 3 N–H and O–H groups in total. The summed E-state index contributed by atoms with van der Waals surface area (Å²) in [6.07, 6.45) is 1.88. The number of hydrogen-bond acceptors (Lipinski definition) is 4. The summed E-state index contributed by atoms with van der Waals surface area (Å²) in [5, 5.41) is 10.3. The molecule has 2 aromatic rings. The summed E-state index contributed by atoms with van der Waals surface area (Å²) >= 11 is 0. The Bertz CT molecular complexity index is 538. The van der Waals surface area contributed by atoms with E-state index in [0.717, 1.165) is 0 Å². The predicted molar refractivity (Wildman–Crippen MR) is 61.4 cm³/mol. The Kier molecular flexibility index (Phi) is 2.83. The van der Waals surface area contributed by atoms with Gasteiger partial charge in [-0.2, -0.15) is 0 Å². The number of hydrogen-bond donors (Lipinski definition) is 2. The first-order chi connectivity index (χ1) is 7.74. The summed E-state index contributed by atoms with van der Waals surface area (Å²) in [6.45, 7) is 0.321. The smallest absolute Gasteiger partial charge is 0.164 e. The lowest BCUT2D eigenvalue weighted by atomic mass is 10.0. The van der Waals surface area contributed by atoms with Crippen molar-refractivity contribution in [3.05, 3.63) is 36.0 Å². The van der Waals surface area contributed by atoms with Gasteiger partial charge in [-0.25, -0.2) is 0 Å². The van der Waals surface area contributed by atoms with Gasteiger partial charge >= 0.3 is 0 Å². The number of Topliss-reactive ketones (excluding diaryl/α,β-unsaturated/α-hetero) is 1. The number of fused-ring (bicyclic) bond motifs is 1. The van der Waals surface area contributed by atoms with Crippen molar-refractivity contribution in [1.29, 1.82) is 0 Å². The Morgan fingerprint density at radius 2 is 2.19 bits per heavy atom. The van der Waals surface area contributed by atoms with Gasteiger partial charge in [0.15, 0.2) is 5.78 Å². The minimum Gasteiger partial charge on any atom is -0.506 e. The van der Waals surface area contributed by atoms with Crippen molar-refractivity contribution >= 4 is 16.7 Å². The molecule has 82 valence electrons. The molecule has 0 spiro atoms. The van der Waals surface area contributed by atoms with Crippen molar-refractivity contribution in [2.75, 3.05) is 6.54 Å². The second-order valence-electron chi connectivity index (χ2n) is 3.49. The van der Waals surface area contributed by atoms with Gasteiger partial charge in [0.05, 0.1) is 0 Å². The van der Waals surface area contributed by atoms with E-state index >= 15 is 0 Å². The van der Waals surface area contributed by atoms with E-state index < -0.39 is 0 Å². The average molecular weight is 216 g/mol. The number of aromatic hydroxyl groups is 1. The first-order valence-electron chi connectivity index (χ1n) is 5.04. The Hall–Kier alpha value is -1.94. The van der Waals surface area contributed by atoms with Crippen LogP contribution >= 0.6 is 0 Å². The van der Waals surface area contributed by atoms with Crippen LogP contribution in [0.3, 0.4) is 0 Å². The van der Waals surface area contributed by atoms with Crippen molar-refractivity contribution < 1.29 is 9.90 Å². The molecular formula is C12H12N2O2. The van der Waals surface area contributed by atoms with E-state index in [9.17, 15) is 9.90 Å². The van der Waals surface area contributed by atoms with Gasteiger partial charge in [0.2, 0.25) is 0 Å². The minimum absolute atomic E-state index is 0.0273. The normalized spacial score (nSPS) is 10.6. The summed E-state index contributed by atoms with van der Waals surface area (Å²) < 4.78 is 0. The molecule has 0 unspecified atom stereocenters. The number of phenolic OH excluding ortho intramolecular Hbond substituents is 1. The maximum Gasteiger partial charge on any atom is 0.164 e. The van der Waals surface area contributed by atoms with Crippen LogP contribution in [0.5, 0.6) is 5.75 Å². The maximum absolute atomic E-state index is 11.8. The molecule has 4 nitrogen and oxygen atoms in total. The van der Waals surface area contributed by atoms with Crippen molar-refractivity contribution in [1.82, 2.24) is 4.98 Å².